The van der Waals surface area contributed by atoms with Gasteiger partial charge in [0, 0.05) is 23.1 Å². The minimum absolute atomic E-state index is 0.00307. The molecule has 0 fully saturated rings. The number of rotatable bonds is 8. The number of ether oxygens (including phenoxy) is 1. The first-order chi connectivity index (χ1) is 12.5. The molecule has 0 unspecified atom stereocenters. The zero-order valence-electron chi connectivity index (χ0n) is 14.9. The molecule has 5 heteroatoms. The summed E-state index contributed by atoms with van der Waals surface area (Å²) < 4.78 is 6.44. The van der Waals surface area contributed by atoms with Crippen LogP contribution in [0, 0.1) is 0 Å². The summed E-state index contributed by atoms with van der Waals surface area (Å²) in [5.74, 6) is 0.426. The van der Waals surface area contributed by atoms with Crippen molar-refractivity contribution in [2.75, 3.05) is 19.7 Å². The number of benzene rings is 2. The molecular weight excluding hydrogens is 394 g/mol. The molecule has 136 valence electrons. The second kappa shape index (κ2) is 9.92. The van der Waals surface area contributed by atoms with E-state index in [4.69, 9.17) is 4.74 Å². The summed E-state index contributed by atoms with van der Waals surface area (Å²) in [7, 11) is 0. The molecule has 0 bridgehead atoms. The molecule has 0 spiro atoms. The predicted molar refractivity (Wildman–Crippen MR) is 107 cm³/mol. The number of nitrogens with zero attached hydrogens (tertiary/aromatic N) is 1. The molecule has 0 N–H and O–H groups in total. The number of halogens is 1. The number of hydrogen-bond acceptors (Lipinski definition) is 3. The number of hydrogen-bond donors (Lipinski definition) is 0. The van der Waals surface area contributed by atoms with E-state index in [-0.39, 0.29) is 18.3 Å². The summed E-state index contributed by atoms with van der Waals surface area (Å²) in [4.78, 5) is 25.9. The first kappa shape index (κ1) is 19.9. The molecule has 0 radical (unpaired) electrons. The Labute approximate surface area is 162 Å². The molecule has 26 heavy (non-hydrogen) atoms. The fraction of sp³-hybridized carbons (Fsp3) is 0.238. The molecule has 1 amide bonds. The number of allylic oxidation sites excluding steroid dienone is 1. The van der Waals surface area contributed by atoms with Gasteiger partial charge in [-0.2, -0.15) is 0 Å². The maximum absolute atomic E-state index is 12.3. The standard InChI is InChI=1S/C21H22BrNO3/c1-3-23(4-2)21(25)15-26-18-12-9-17(10-13-18)20(24)14-11-16-7-5-6-8-19(16)22/h5-14H,3-4,15H2,1-2H3/b14-11+. The third-order valence-electron chi connectivity index (χ3n) is 3.94. The Hall–Kier alpha value is -2.40. The van der Waals surface area contributed by atoms with E-state index >= 15 is 0 Å². The summed E-state index contributed by atoms with van der Waals surface area (Å²) in [6.45, 7) is 5.19. The highest BCUT2D eigenvalue weighted by Crippen LogP contribution is 2.18. The molecule has 0 heterocycles. The van der Waals surface area contributed by atoms with Crippen LogP contribution in [0.4, 0.5) is 0 Å². The van der Waals surface area contributed by atoms with E-state index in [0.717, 1.165) is 10.0 Å². The fourth-order valence-electron chi connectivity index (χ4n) is 2.40. The lowest BCUT2D eigenvalue weighted by molar-refractivity contribution is -0.132. The van der Waals surface area contributed by atoms with Gasteiger partial charge < -0.3 is 9.64 Å². The number of likely N-dealkylation sites (N-methyl/N-ethyl adjacent to an activating group) is 1. The SMILES string of the molecule is CCN(CC)C(=O)COc1ccc(C(=O)/C=C/c2ccccc2Br)cc1. The van der Waals surface area contributed by atoms with Gasteiger partial charge in [0.25, 0.3) is 5.91 Å². The smallest absolute Gasteiger partial charge is 0.260 e. The monoisotopic (exact) mass is 415 g/mol. The Morgan fingerprint density at radius 2 is 1.69 bits per heavy atom. The second-order valence-corrected chi connectivity index (χ2v) is 6.45. The lowest BCUT2D eigenvalue weighted by atomic mass is 10.1. The molecule has 2 rings (SSSR count). The van der Waals surface area contributed by atoms with Gasteiger partial charge in [-0.1, -0.05) is 34.1 Å². The normalized spacial score (nSPS) is 10.7. The van der Waals surface area contributed by atoms with Gasteiger partial charge in [0.15, 0.2) is 12.4 Å². The van der Waals surface area contributed by atoms with Crippen molar-refractivity contribution in [2.45, 2.75) is 13.8 Å². The Kier molecular flexibility index (Phi) is 7.60. The predicted octanol–water partition coefficient (Wildman–Crippen LogP) is 4.59. The van der Waals surface area contributed by atoms with Crippen molar-refractivity contribution in [3.63, 3.8) is 0 Å². The van der Waals surface area contributed by atoms with E-state index < -0.39 is 0 Å². The summed E-state index contributed by atoms with van der Waals surface area (Å²) in [5.41, 5.74) is 1.51. The van der Waals surface area contributed by atoms with Gasteiger partial charge in [0.2, 0.25) is 0 Å². The average molecular weight is 416 g/mol. The van der Waals surface area contributed by atoms with Crippen molar-refractivity contribution in [1.82, 2.24) is 4.90 Å². The molecule has 0 aromatic heterocycles. The highest BCUT2D eigenvalue weighted by Gasteiger charge is 2.10. The van der Waals surface area contributed by atoms with Gasteiger partial charge in [-0.05, 0) is 61.9 Å². The van der Waals surface area contributed by atoms with Crippen LogP contribution in [-0.4, -0.2) is 36.3 Å². The largest absolute Gasteiger partial charge is 0.484 e. The summed E-state index contributed by atoms with van der Waals surface area (Å²) in [6, 6.07) is 14.5. The third-order valence-corrected chi connectivity index (χ3v) is 4.66. The molecule has 0 aliphatic rings. The van der Waals surface area contributed by atoms with E-state index in [1.54, 1.807) is 41.3 Å². The molecule has 2 aromatic carbocycles. The Balaban J connectivity index is 1.95. The van der Waals surface area contributed by atoms with Crippen molar-refractivity contribution < 1.29 is 14.3 Å². The average Bonchev–Trinajstić information content (AvgIpc) is 2.67. The van der Waals surface area contributed by atoms with Crippen LogP contribution in [0.1, 0.15) is 29.8 Å². The lowest BCUT2D eigenvalue weighted by Crippen LogP contribution is -2.34. The third kappa shape index (κ3) is 5.56. The van der Waals surface area contributed by atoms with Gasteiger partial charge >= 0.3 is 0 Å². The van der Waals surface area contributed by atoms with Crippen LogP contribution in [0.15, 0.2) is 59.1 Å². The van der Waals surface area contributed by atoms with E-state index in [0.29, 0.717) is 24.4 Å². The summed E-state index contributed by atoms with van der Waals surface area (Å²) in [5, 5.41) is 0. The quantitative estimate of drug-likeness (QED) is 0.467. The highest BCUT2D eigenvalue weighted by atomic mass is 79.9. The van der Waals surface area contributed by atoms with Crippen molar-refractivity contribution in [3.05, 3.63) is 70.2 Å². The first-order valence-electron chi connectivity index (χ1n) is 8.52. The second-order valence-electron chi connectivity index (χ2n) is 5.60. The van der Waals surface area contributed by atoms with Gasteiger partial charge in [-0.3, -0.25) is 9.59 Å². The zero-order chi connectivity index (χ0) is 18.9. The summed E-state index contributed by atoms with van der Waals surface area (Å²) in [6.07, 6.45) is 3.32. The molecular formula is C21H22BrNO3. The molecule has 0 saturated heterocycles. The maximum atomic E-state index is 12.3. The number of amides is 1. The van der Waals surface area contributed by atoms with E-state index in [1.165, 1.54) is 0 Å². The van der Waals surface area contributed by atoms with Crippen molar-refractivity contribution >= 4 is 33.7 Å². The van der Waals surface area contributed by atoms with Gasteiger partial charge in [0.05, 0.1) is 0 Å². The Morgan fingerprint density at radius 1 is 1.04 bits per heavy atom. The number of ketones is 1. The molecule has 2 aromatic rings. The highest BCUT2D eigenvalue weighted by molar-refractivity contribution is 9.10. The minimum atomic E-state index is -0.0912. The van der Waals surface area contributed by atoms with E-state index in [9.17, 15) is 9.59 Å². The minimum Gasteiger partial charge on any atom is -0.484 e. The van der Waals surface area contributed by atoms with E-state index in [2.05, 4.69) is 15.9 Å². The Morgan fingerprint density at radius 3 is 2.31 bits per heavy atom. The van der Waals surface area contributed by atoms with Crippen LogP contribution in [0.25, 0.3) is 6.08 Å². The van der Waals surface area contributed by atoms with E-state index in [1.807, 2.05) is 38.1 Å². The van der Waals surface area contributed by atoms with Crippen LogP contribution >= 0.6 is 15.9 Å². The molecule has 0 aliphatic carbocycles. The summed E-state index contributed by atoms with van der Waals surface area (Å²) >= 11 is 3.45. The van der Waals surface area contributed by atoms with Crippen LogP contribution in [0.3, 0.4) is 0 Å². The molecule has 4 nitrogen and oxygen atoms in total. The maximum Gasteiger partial charge on any atom is 0.260 e. The Bertz CT molecular complexity index is 780. The molecule has 0 saturated carbocycles. The van der Waals surface area contributed by atoms with Gasteiger partial charge in [-0.15, -0.1) is 0 Å². The fourth-order valence-corrected chi connectivity index (χ4v) is 2.82. The van der Waals surface area contributed by atoms with Crippen LogP contribution in [0.5, 0.6) is 5.75 Å². The van der Waals surface area contributed by atoms with Crippen molar-refractivity contribution in [3.8, 4) is 5.75 Å². The van der Waals surface area contributed by atoms with Gasteiger partial charge in [0.1, 0.15) is 5.75 Å². The van der Waals surface area contributed by atoms with Crippen LogP contribution in [-0.2, 0) is 4.79 Å². The van der Waals surface area contributed by atoms with Gasteiger partial charge in [-0.25, -0.2) is 0 Å². The first-order valence-corrected chi connectivity index (χ1v) is 9.32. The van der Waals surface area contributed by atoms with Crippen molar-refractivity contribution in [2.24, 2.45) is 0 Å². The lowest BCUT2D eigenvalue weighted by Gasteiger charge is -2.18. The number of carbonyl (C=O) groups is 2. The molecule has 0 aliphatic heterocycles. The number of carbonyl (C=O) groups excluding carboxylic acids is 2. The zero-order valence-corrected chi connectivity index (χ0v) is 16.5. The van der Waals surface area contributed by atoms with Crippen LogP contribution in [0.2, 0.25) is 0 Å². The molecule has 0 atom stereocenters. The topological polar surface area (TPSA) is 46.6 Å². The van der Waals surface area contributed by atoms with Crippen LogP contribution < -0.4 is 4.74 Å². The van der Waals surface area contributed by atoms with Crippen molar-refractivity contribution in [1.29, 1.82) is 0 Å².